The molecular weight excluding hydrogens is 511 g/mol. The van der Waals surface area contributed by atoms with E-state index in [1.165, 1.54) is 55.5 Å². The van der Waals surface area contributed by atoms with Crippen LogP contribution in [0.4, 0.5) is 4.39 Å². The lowest BCUT2D eigenvalue weighted by Crippen LogP contribution is -2.55. The summed E-state index contributed by atoms with van der Waals surface area (Å²) in [5.41, 5.74) is 1.61. The van der Waals surface area contributed by atoms with Gasteiger partial charge in [0.05, 0.1) is 38.7 Å². The summed E-state index contributed by atoms with van der Waals surface area (Å²) in [6, 6.07) is 7.70. The van der Waals surface area contributed by atoms with Crippen LogP contribution in [0.1, 0.15) is 33.8 Å². The van der Waals surface area contributed by atoms with Crippen molar-refractivity contribution < 1.29 is 43.2 Å². The van der Waals surface area contributed by atoms with E-state index in [0.717, 1.165) is 0 Å². The number of hydrogen-bond acceptors (Lipinski definition) is 8. The molecule has 4 atom stereocenters. The highest BCUT2D eigenvalue weighted by atomic mass is 19.1. The van der Waals surface area contributed by atoms with Crippen LogP contribution in [0.2, 0.25) is 0 Å². The number of carbonyl (C=O) groups excluding carboxylic acids is 3. The molecule has 2 amide bonds. The molecule has 3 N–H and O–H groups in total. The maximum absolute atomic E-state index is 13.5. The number of fused-ring (bicyclic) bond motifs is 3. The fourth-order valence-electron chi connectivity index (χ4n) is 5.04. The van der Waals surface area contributed by atoms with Gasteiger partial charge in [0.25, 0.3) is 0 Å². The second-order valence-electron chi connectivity index (χ2n) is 9.29. The fraction of sp³-hybridized carbons (Fsp3) is 0.393. The van der Waals surface area contributed by atoms with Gasteiger partial charge < -0.3 is 34.6 Å². The highest BCUT2D eigenvalue weighted by Gasteiger charge is 2.51. The molecular formula is C28H31FN2O8. The fourth-order valence-corrected chi connectivity index (χ4v) is 5.04. The minimum Gasteiger partial charge on any atom is -0.493 e. The van der Waals surface area contributed by atoms with Gasteiger partial charge in [0.2, 0.25) is 11.8 Å². The zero-order chi connectivity index (χ0) is 28.1. The van der Waals surface area contributed by atoms with Crippen LogP contribution in [0.15, 0.2) is 48.0 Å². The summed E-state index contributed by atoms with van der Waals surface area (Å²) in [5.74, 6) is -1.53. The highest BCUT2D eigenvalue weighted by molar-refractivity contribution is 5.96. The summed E-state index contributed by atoms with van der Waals surface area (Å²) in [4.78, 5) is 39.7. The maximum atomic E-state index is 13.5. The number of amides is 2. The smallest absolute Gasteiger partial charge is 0.247 e. The van der Waals surface area contributed by atoms with E-state index in [4.69, 9.17) is 14.2 Å². The van der Waals surface area contributed by atoms with Crippen LogP contribution in [0.5, 0.6) is 11.5 Å². The number of carbonyl (C=O) groups is 3. The second-order valence-corrected chi connectivity index (χ2v) is 9.29. The molecule has 0 fully saturated rings. The summed E-state index contributed by atoms with van der Waals surface area (Å²) >= 11 is 0. The number of benzene rings is 2. The van der Waals surface area contributed by atoms with Gasteiger partial charge in [-0.1, -0.05) is 12.1 Å². The molecule has 11 heteroatoms. The van der Waals surface area contributed by atoms with Crippen LogP contribution in [-0.2, 0) is 20.9 Å². The Kier molecular flexibility index (Phi) is 8.95. The molecule has 0 aromatic heterocycles. The normalized spacial score (nSPS) is 21.2. The van der Waals surface area contributed by atoms with Gasteiger partial charge in [-0.2, -0.15) is 0 Å². The van der Waals surface area contributed by atoms with Gasteiger partial charge in [0.1, 0.15) is 24.3 Å². The third-order valence-electron chi connectivity index (χ3n) is 6.88. The van der Waals surface area contributed by atoms with Gasteiger partial charge in [-0.25, -0.2) is 4.39 Å². The van der Waals surface area contributed by atoms with Crippen molar-refractivity contribution in [2.45, 2.75) is 37.1 Å². The Morgan fingerprint density at radius 1 is 1.21 bits per heavy atom. The van der Waals surface area contributed by atoms with Crippen LogP contribution in [0, 0.1) is 5.82 Å². The van der Waals surface area contributed by atoms with E-state index in [9.17, 15) is 29.0 Å². The van der Waals surface area contributed by atoms with Crippen LogP contribution in [0.3, 0.4) is 0 Å². The summed E-state index contributed by atoms with van der Waals surface area (Å²) in [6.07, 6.45) is -0.107. The molecule has 2 aromatic rings. The van der Waals surface area contributed by atoms with E-state index >= 15 is 0 Å². The summed E-state index contributed by atoms with van der Waals surface area (Å²) in [6.45, 7) is -0.149. The monoisotopic (exact) mass is 542 g/mol. The summed E-state index contributed by atoms with van der Waals surface area (Å²) in [7, 11) is 2.88. The van der Waals surface area contributed by atoms with E-state index in [1.807, 2.05) is 0 Å². The number of halogens is 1. The van der Waals surface area contributed by atoms with Gasteiger partial charge >= 0.3 is 0 Å². The van der Waals surface area contributed by atoms with E-state index in [0.29, 0.717) is 23.0 Å². The molecule has 39 heavy (non-hydrogen) atoms. The molecule has 0 saturated carbocycles. The third-order valence-corrected chi connectivity index (χ3v) is 6.88. The quantitative estimate of drug-likeness (QED) is 0.362. The minimum absolute atomic E-state index is 0.00644. The number of aldehydes is 1. The number of ether oxygens (including phenoxy) is 3. The Labute approximate surface area is 225 Å². The predicted octanol–water partition coefficient (Wildman–Crippen LogP) is 1.33. The summed E-state index contributed by atoms with van der Waals surface area (Å²) < 4.78 is 30.2. The average molecular weight is 543 g/mol. The van der Waals surface area contributed by atoms with Gasteiger partial charge in [0, 0.05) is 36.9 Å². The molecule has 2 aliphatic rings. The molecule has 0 saturated heterocycles. The average Bonchev–Trinajstić information content (AvgIpc) is 3.34. The maximum Gasteiger partial charge on any atom is 0.247 e. The molecule has 0 radical (unpaired) electrons. The number of rotatable bonds is 11. The van der Waals surface area contributed by atoms with E-state index in [-0.39, 0.29) is 55.7 Å². The van der Waals surface area contributed by atoms with Crippen molar-refractivity contribution in [1.82, 2.24) is 10.2 Å². The van der Waals surface area contributed by atoms with E-state index in [2.05, 4.69) is 5.32 Å². The lowest BCUT2D eigenvalue weighted by Gasteiger charge is -2.40. The lowest BCUT2D eigenvalue weighted by molar-refractivity contribution is -0.139. The topological polar surface area (TPSA) is 135 Å². The zero-order valence-electron chi connectivity index (χ0n) is 21.6. The first-order valence-corrected chi connectivity index (χ1v) is 12.5. The molecule has 208 valence electrons. The van der Waals surface area contributed by atoms with Crippen LogP contribution >= 0.6 is 0 Å². The first kappa shape index (κ1) is 28.2. The first-order valence-electron chi connectivity index (χ1n) is 12.5. The van der Waals surface area contributed by atoms with Crippen molar-refractivity contribution in [3.8, 4) is 11.5 Å². The van der Waals surface area contributed by atoms with Crippen molar-refractivity contribution in [3.63, 3.8) is 0 Å². The van der Waals surface area contributed by atoms with Gasteiger partial charge in [-0.05, 0) is 35.9 Å². The Bertz CT molecular complexity index is 1250. The number of nitrogens with one attached hydrogen (secondary N) is 1. The van der Waals surface area contributed by atoms with Crippen LogP contribution < -0.4 is 14.8 Å². The van der Waals surface area contributed by atoms with Gasteiger partial charge in [-0.3, -0.25) is 14.4 Å². The second kappa shape index (κ2) is 12.4. The Morgan fingerprint density at radius 3 is 2.59 bits per heavy atom. The minimum atomic E-state index is -1.28. The summed E-state index contributed by atoms with van der Waals surface area (Å²) in [5, 5.41) is 23.5. The van der Waals surface area contributed by atoms with Crippen molar-refractivity contribution >= 4 is 18.1 Å². The molecule has 0 bridgehead atoms. The molecule has 2 aromatic carbocycles. The van der Waals surface area contributed by atoms with Crippen LogP contribution in [-0.4, -0.2) is 85.4 Å². The molecule has 10 nitrogen and oxygen atoms in total. The van der Waals surface area contributed by atoms with Crippen molar-refractivity contribution in [3.05, 3.63) is 70.6 Å². The number of hydrogen-bond donors (Lipinski definition) is 3. The predicted molar refractivity (Wildman–Crippen MR) is 137 cm³/mol. The molecule has 1 heterocycles. The molecule has 1 aliphatic heterocycles. The SMILES string of the molecule is COCCC(=O)N(Cc1ccc(F)cc1)[C@@H]1C=C(C(=O)NCCO)[C@@H]2c3cc(C=O)cc(OC)c3O[C@@H]2[C@H]1O. The van der Waals surface area contributed by atoms with Crippen molar-refractivity contribution in [1.29, 1.82) is 0 Å². The number of nitrogens with zero attached hydrogens (tertiary/aromatic N) is 1. The lowest BCUT2D eigenvalue weighted by atomic mass is 9.77. The van der Waals surface area contributed by atoms with Crippen molar-refractivity contribution in [2.75, 3.05) is 34.0 Å². The molecule has 0 unspecified atom stereocenters. The molecule has 1 aliphatic carbocycles. The highest BCUT2D eigenvalue weighted by Crippen LogP contribution is 2.51. The molecule has 4 rings (SSSR count). The Morgan fingerprint density at radius 2 is 1.95 bits per heavy atom. The van der Waals surface area contributed by atoms with Crippen molar-refractivity contribution in [2.24, 2.45) is 0 Å². The molecule has 0 spiro atoms. The first-order chi connectivity index (χ1) is 18.8. The standard InChI is InChI=1S/C28H31FN2O8/c1-37-10-7-23(34)31(14-16-3-5-18(29)6-4-16)21-13-20(28(36)30-8-9-32)24-19-11-17(15-33)12-22(38-2)26(19)39-27(24)25(21)35/h3-6,11-13,15,21,24-25,27,32,35H,7-10,14H2,1-2H3,(H,30,36)/t21-,24+,25+,27+/m1/s1. The zero-order valence-corrected chi connectivity index (χ0v) is 21.6. The van der Waals surface area contributed by atoms with Gasteiger partial charge in [0.15, 0.2) is 11.5 Å². The Balaban J connectivity index is 1.80. The number of aliphatic hydroxyl groups excluding tert-OH is 2. The van der Waals surface area contributed by atoms with Gasteiger partial charge in [-0.15, -0.1) is 0 Å². The number of methoxy groups -OCH3 is 2. The third kappa shape index (κ3) is 5.80. The van der Waals surface area contributed by atoms with E-state index < -0.39 is 35.9 Å². The largest absolute Gasteiger partial charge is 0.493 e. The van der Waals surface area contributed by atoms with E-state index in [1.54, 1.807) is 6.07 Å². The van der Waals surface area contributed by atoms with Crippen LogP contribution in [0.25, 0.3) is 0 Å². The Hall–Kier alpha value is -3.80. The number of aliphatic hydroxyl groups is 2.